The monoisotopic (exact) mass is 398 g/mol. The van der Waals surface area contributed by atoms with E-state index in [1.165, 1.54) is 16.9 Å². The minimum absolute atomic E-state index is 0.139. The normalized spacial score (nSPS) is 11.3. The highest BCUT2D eigenvalue weighted by Gasteiger charge is 2.31. The van der Waals surface area contributed by atoms with Crippen LogP contribution in [0, 0.1) is 12.3 Å². The molecule has 0 unspecified atom stereocenters. The summed E-state index contributed by atoms with van der Waals surface area (Å²) in [5.41, 5.74) is 1.12. The van der Waals surface area contributed by atoms with E-state index >= 15 is 0 Å². The molecular formula is C21H17F3N4O. The predicted molar refractivity (Wildman–Crippen MR) is 103 cm³/mol. The number of alkyl halides is 3. The molecule has 148 valence electrons. The molecule has 0 aliphatic carbocycles. The summed E-state index contributed by atoms with van der Waals surface area (Å²) in [5, 5.41) is 6.94. The Morgan fingerprint density at radius 1 is 1.21 bits per heavy atom. The average Bonchev–Trinajstić information content (AvgIpc) is 3.13. The highest BCUT2D eigenvalue weighted by molar-refractivity contribution is 6.05. The minimum Gasteiger partial charge on any atom is -0.322 e. The second-order valence-electron chi connectivity index (χ2n) is 6.59. The lowest BCUT2D eigenvalue weighted by atomic mass is 10.1. The fourth-order valence-electron chi connectivity index (χ4n) is 2.84. The number of carbonyl (C=O) groups is 1. The van der Waals surface area contributed by atoms with Gasteiger partial charge in [0.05, 0.1) is 23.0 Å². The van der Waals surface area contributed by atoms with E-state index in [9.17, 15) is 18.0 Å². The topological polar surface area (TPSA) is 59.8 Å². The van der Waals surface area contributed by atoms with Gasteiger partial charge in [-0.05, 0) is 36.2 Å². The largest absolute Gasteiger partial charge is 0.417 e. The van der Waals surface area contributed by atoms with E-state index in [-0.39, 0.29) is 11.7 Å². The number of benzene rings is 1. The molecule has 1 aromatic carbocycles. The molecule has 0 saturated heterocycles. The minimum atomic E-state index is -4.48. The smallest absolute Gasteiger partial charge is 0.322 e. The first-order chi connectivity index (χ1) is 13.7. The first-order valence-corrected chi connectivity index (χ1v) is 8.70. The van der Waals surface area contributed by atoms with Gasteiger partial charge in [0.15, 0.2) is 5.82 Å². The summed E-state index contributed by atoms with van der Waals surface area (Å²) in [6.07, 6.45) is 3.01. The molecule has 0 aliphatic rings. The Bertz CT molecular complexity index is 1080. The summed E-state index contributed by atoms with van der Waals surface area (Å²) in [4.78, 5) is 16.6. The van der Waals surface area contributed by atoms with Crippen molar-refractivity contribution in [2.75, 3.05) is 5.32 Å². The highest BCUT2D eigenvalue weighted by atomic mass is 19.4. The summed E-state index contributed by atoms with van der Waals surface area (Å²) in [5.74, 6) is 2.14. The number of terminal acetylenes is 1. The summed E-state index contributed by atoms with van der Waals surface area (Å²) in [6, 6.07) is 8.98. The summed E-state index contributed by atoms with van der Waals surface area (Å²) >= 11 is 0. The third-order valence-corrected chi connectivity index (χ3v) is 4.18. The Hall–Kier alpha value is -3.60. The molecule has 2 aromatic heterocycles. The fraction of sp³-hybridized carbons (Fsp3) is 0.190. The Morgan fingerprint density at radius 3 is 2.55 bits per heavy atom. The number of pyridine rings is 1. The van der Waals surface area contributed by atoms with Crippen LogP contribution in [-0.2, 0) is 6.18 Å². The van der Waals surface area contributed by atoms with Crippen LogP contribution in [0.15, 0.2) is 48.8 Å². The van der Waals surface area contributed by atoms with Gasteiger partial charge >= 0.3 is 6.18 Å². The SMILES string of the molecule is C#Cc1cccc(NC(=O)c2cnn(-c3ccc(C(F)(F)F)cn3)c2C(C)C)c1. The number of halogens is 3. The summed E-state index contributed by atoms with van der Waals surface area (Å²) in [6.45, 7) is 3.71. The third kappa shape index (κ3) is 4.29. The molecule has 2 heterocycles. The van der Waals surface area contributed by atoms with Crippen LogP contribution >= 0.6 is 0 Å². The van der Waals surface area contributed by atoms with Gasteiger partial charge in [0.1, 0.15) is 0 Å². The van der Waals surface area contributed by atoms with Crippen molar-refractivity contribution in [3.8, 4) is 18.2 Å². The van der Waals surface area contributed by atoms with Gasteiger partial charge in [0.2, 0.25) is 0 Å². The quantitative estimate of drug-likeness (QED) is 0.651. The lowest BCUT2D eigenvalue weighted by Crippen LogP contribution is -2.16. The predicted octanol–water partition coefficient (Wildman–Crippen LogP) is 4.64. The highest BCUT2D eigenvalue weighted by Crippen LogP contribution is 2.29. The fourth-order valence-corrected chi connectivity index (χ4v) is 2.84. The standard InChI is InChI=1S/C21H17F3N4O/c1-4-14-6-5-7-16(10-14)27-20(29)17-12-26-28(19(17)13(2)3)18-9-8-15(11-25-18)21(22,23)24/h1,5-13H,2-3H3,(H,27,29). The van der Waals surface area contributed by atoms with E-state index in [0.29, 0.717) is 22.5 Å². The van der Waals surface area contributed by atoms with Gasteiger partial charge in [-0.1, -0.05) is 25.8 Å². The zero-order valence-corrected chi connectivity index (χ0v) is 15.7. The van der Waals surface area contributed by atoms with Crippen molar-refractivity contribution in [2.45, 2.75) is 25.9 Å². The van der Waals surface area contributed by atoms with Crippen LogP contribution in [0.4, 0.5) is 18.9 Å². The van der Waals surface area contributed by atoms with E-state index < -0.39 is 17.6 Å². The Labute approximate surface area is 165 Å². The van der Waals surface area contributed by atoms with Gasteiger partial charge in [0, 0.05) is 17.4 Å². The molecule has 3 aromatic rings. The maximum Gasteiger partial charge on any atom is 0.417 e. The molecule has 1 amide bonds. The molecule has 0 bridgehead atoms. The van der Waals surface area contributed by atoms with E-state index in [1.807, 2.05) is 13.8 Å². The van der Waals surface area contributed by atoms with Crippen LogP contribution in [-0.4, -0.2) is 20.7 Å². The molecule has 3 rings (SSSR count). The molecule has 0 fully saturated rings. The molecule has 0 saturated carbocycles. The molecule has 5 nitrogen and oxygen atoms in total. The molecule has 29 heavy (non-hydrogen) atoms. The Balaban J connectivity index is 1.94. The van der Waals surface area contributed by atoms with Crippen LogP contribution in [0.1, 0.15) is 46.9 Å². The van der Waals surface area contributed by atoms with E-state index in [0.717, 1.165) is 12.3 Å². The maximum absolute atomic E-state index is 12.8. The van der Waals surface area contributed by atoms with Gasteiger partial charge < -0.3 is 5.32 Å². The van der Waals surface area contributed by atoms with Crippen molar-refractivity contribution in [3.63, 3.8) is 0 Å². The summed E-state index contributed by atoms with van der Waals surface area (Å²) in [7, 11) is 0. The van der Waals surface area contributed by atoms with Crippen LogP contribution in [0.25, 0.3) is 5.82 Å². The van der Waals surface area contributed by atoms with Crippen molar-refractivity contribution in [3.05, 3.63) is 71.2 Å². The maximum atomic E-state index is 12.8. The number of hydrogen-bond acceptors (Lipinski definition) is 3. The Morgan fingerprint density at radius 2 is 1.97 bits per heavy atom. The van der Waals surface area contributed by atoms with Crippen molar-refractivity contribution >= 4 is 11.6 Å². The number of carbonyl (C=O) groups excluding carboxylic acids is 1. The number of nitrogens with zero attached hydrogens (tertiary/aromatic N) is 3. The van der Waals surface area contributed by atoms with Gasteiger partial charge in [-0.15, -0.1) is 6.42 Å². The van der Waals surface area contributed by atoms with Gasteiger partial charge in [0.25, 0.3) is 5.91 Å². The number of hydrogen-bond donors (Lipinski definition) is 1. The first-order valence-electron chi connectivity index (χ1n) is 8.70. The number of amides is 1. The molecule has 0 radical (unpaired) electrons. The molecule has 1 N–H and O–H groups in total. The number of nitrogens with one attached hydrogen (secondary N) is 1. The first kappa shape index (κ1) is 20.1. The number of rotatable bonds is 4. The van der Waals surface area contributed by atoms with Crippen LogP contribution in [0.2, 0.25) is 0 Å². The van der Waals surface area contributed by atoms with Gasteiger partial charge in [-0.3, -0.25) is 4.79 Å². The number of anilines is 1. The van der Waals surface area contributed by atoms with E-state index in [2.05, 4.69) is 21.3 Å². The van der Waals surface area contributed by atoms with Crippen LogP contribution in [0.3, 0.4) is 0 Å². The summed E-state index contributed by atoms with van der Waals surface area (Å²) < 4.78 is 39.7. The lowest BCUT2D eigenvalue weighted by Gasteiger charge is -2.13. The molecule has 8 heteroatoms. The Kier molecular flexibility index (Phi) is 5.41. The molecular weight excluding hydrogens is 381 g/mol. The van der Waals surface area contributed by atoms with Gasteiger partial charge in [-0.25, -0.2) is 9.67 Å². The average molecular weight is 398 g/mol. The molecule has 0 spiro atoms. The van der Waals surface area contributed by atoms with Gasteiger partial charge in [-0.2, -0.15) is 18.3 Å². The van der Waals surface area contributed by atoms with Crippen molar-refractivity contribution < 1.29 is 18.0 Å². The molecule has 0 aliphatic heterocycles. The zero-order valence-electron chi connectivity index (χ0n) is 15.7. The van der Waals surface area contributed by atoms with E-state index in [1.54, 1.807) is 24.3 Å². The van der Waals surface area contributed by atoms with Crippen LogP contribution in [0.5, 0.6) is 0 Å². The zero-order chi connectivity index (χ0) is 21.2. The second kappa shape index (κ2) is 7.80. The van der Waals surface area contributed by atoms with Crippen molar-refractivity contribution in [2.24, 2.45) is 0 Å². The second-order valence-corrected chi connectivity index (χ2v) is 6.59. The van der Waals surface area contributed by atoms with Crippen molar-refractivity contribution in [1.82, 2.24) is 14.8 Å². The van der Waals surface area contributed by atoms with Crippen LogP contribution < -0.4 is 5.32 Å². The number of aromatic nitrogens is 3. The third-order valence-electron chi connectivity index (χ3n) is 4.18. The molecule has 0 atom stereocenters. The lowest BCUT2D eigenvalue weighted by molar-refractivity contribution is -0.137. The van der Waals surface area contributed by atoms with E-state index in [4.69, 9.17) is 6.42 Å². The van der Waals surface area contributed by atoms with Crippen molar-refractivity contribution in [1.29, 1.82) is 0 Å².